The van der Waals surface area contributed by atoms with Crippen LogP contribution >= 0.6 is 0 Å². The normalized spacial score (nSPS) is 23.4. The van der Waals surface area contributed by atoms with Crippen molar-refractivity contribution in [1.29, 1.82) is 0 Å². The molecule has 172 valence electrons. The molecule has 4 rings (SSSR count). The van der Waals surface area contributed by atoms with Crippen molar-refractivity contribution in [1.82, 2.24) is 20.4 Å². The zero-order valence-corrected chi connectivity index (χ0v) is 18.9. The van der Waals surface area contributed by atoms with Gasteiger partial charge in [0.2, 0.25) is 5.91 Å². The molecule has 1 saturated heterocycles. The number of ether oxygens (including phenoxy) is 2. The second-order valence-corrected chi connectivity index (χ2v) is 8.87. The van der Waals surface area contributed by atoms with Gasteiger partial charge < -0.3 is 25.0 Å². The lowest BCUT2D eigenvalue weighted by atomic mass is 9.95. The number of urea groups is 1. The Morgan fingerprint density at radius 2 is 2.00 bits per heavy atom. The third-order valence-electron chi connectivity index (χ3n) is 6.55. The monoisotopic (exact) mass is 442 g/mol. The summed E-state index contributed by atoms with van der Waals surface area (Å²) in [6.45, 7) is 4.78. The van der Waals surface area contributed by atoms with E-state index in [1.54, 1.807) is 40.1 Å². The lowest BCUT2D eigenvalue weighted by molar-refractivity contribution is -0.142. The Bertz CT molecular complexity index is 950. The van der Waals surface area contributed by atoms with Crippen LogP contribution in [0.2, 0.25) is 0 Å². The number of carbonyl (C=O) groups excluding carboxylic acids is 3. The van der Waals surface area contributed by atoms with E-state index in [1.165, 1.54) is 9.80 Å². The molecular formula is C23H30N4O5. The van der Waals surface area contributed by atoms with E-state index in [0.29, 0.717) is 30.2 Å². The van der Waals surface area contributed by atoms with E-state index >= 15 is 0 Å². The number of hydrogen-bond donors (Lipinski definition) is 2. The smallest absolute Gasteiger partial charge is 0.322 e. The van der Waals surface area contributed by atoms with Gasteiger partial charge in [-0.3, -0.25) is 14.5 Å². The zero-order valence-electron chi connectivity index (χ0n) is 18.9. The van der Waals surface area contributed by atoms with E-state index in [4.69, 9.17) is 9.47 Å². The Morgan fingerprint density at radius 3 is 2.62 bits per heavy atom. The minimum absolute atomic E-state index is 0.0165. The minimum atomic E-state index is -1.10. The van der Waals surface area contributed by atoms with E-state index in [0.717, 1.165) is 18.4 Å². The number of amides is 4. The van der Waals surface area contributed by atoms with Gasteiger partial charge in [0.05, 0.1) is 37.1 Å². The van der Waals surface area contributed by atoms with Crippen LogP contribution in [0.5, 0.6) is 5.75 Å². The highest BCUT2D eigenvalue weighted by molar-refractivity contribution is 6.04. The summed E-state index contributed by atoms with van der Waals surface area (Å²) in [6, 6.07) is 6.35. The van der Waals surface area contributed by atoms with Gasteiger partial charge in [-0.2, -0.15) is 0 Å². The fourth-order valence-corrected chi connectivity index (χ4v) is 4.42. The fourth-order valence-electron chi connectivity index (χ4n) is 4.42. The molecule has 1 aromatic rings. The van der Waals surface area contributed by atoms with Crippen molar-refractivity contribution in [2.45, 2.75) is 44.4 Å². The highest BCUT2D eigenvalue weighted by Gasteiger charge is 2.49. The summed E-state index contributed by atoms with van der Waals surface area (Å²) < 4.78 is 10.8. The molecule has 0 saturated carbocycles. The van der Waals surface area contributed by atoms with Crippen molar-refractivity contribution in [3.63, 3.8) is 0 Å². The second-order valence-electron chi connectivity index (χ2n) is 8.87. The minimum Gasteiger partial charge on any atom is -0.497 e. The number of carbonyl (C=O) groups is 3. The molecule has 1 fully saturated rings. The van der Waals surface area contributed by atoms with Gasteiger partial charge in [0.25, 0.3) is 5.91 Å². The van der Waals surface area contributed by atoms with E-state index in [9.17, 15) is 14.4 Å². The molecule has 1 aromatic carbocycles. The molecule has 3 aliphatic heterocycles. The lowest BCUT2D eigenvalue weighted by Gasteiger charge is -2.35. The molecule has 0 spiro atoms. The van der Waals surface area contributed by atoms with Gasteiger partial charge in [-0.1, -0.05) is 12.1 Å². The predicted molar refractivity (Wildman–Crippen MR) is 117 cm³/mol. The molecule has 32 heavy (non-hydrogen) atoms. The highest BCUT2D eigenvalue weighted by atomic mass is 16.5. The summed E-state index contributed by atoms with van der Waals surface area (Å²) >= 11 is 0. The van der Waals surface area contributed by atoms with Gasteiger partial charge in [-0.05, 0) is 44.4 Å². The first-order valence-corrected chi connectivity index (χ1v) is 10.9. The Labute approximate surface area is 187 Å². The van der Waals surface area contributed by atoms with Crippen LogP contribution in [0.1, 0.15) is 38.3 Å². The van der Waals surface area contributed by atoms with Crippen molar-refractivity contribution in [3.05, 3.63) is 41.1 Å². The van der Waals surface area contributed by atoms with Crippen LogP contribution in [0.25, 0.3) is 0 Å². The van der Waals surface area contributed by atoms with E-state index in [2.05, 4.69) is 10.6 Å². The Kier molecular flexibility index (Phi) is 5.85. The first-order valence-electron chi connectivity index (χ1n) is 10.9. The Balaban J connectivity index is 1.57. The molecule has 2 N–H and O–H groups in total. The summed E-state index contributed by atoms with van der Waals surface area (Å²) in [5.41, 5.74) is 0.772. The molecule has 9 heteroatoms. The van der Waals surface area contributed by atoms with Crippen LogP contribution in [0.15, 0.2) is 35.5 Å². The van der Waals surface area contributed by atoms with Crippen LogP contribution in [0.3, 0.4) is 0 Å². The van der Waals surface area contributed by atoms with Crippen LogP contribution in [0, 0.1) is 0 Å². The van der Waals surface area contributed by atoms with Crippen molar-refractivity contribution in [3.8, 4) is 5.75 Å². The second kappa shape index (κ2) is 8.46. The van der Waals surface area contributed by atoms with Crippen molar-refractivity contribution in [2.75, 3.05) is 33.9 Å². The number of rotatable bonds is 6. The fraction of sp³-hybridized carbons (Fsp3) is 0.522. The standard InChI is InChI=1S/C23H30N4O5/c1-23(2,21(29)24-12-16-6-5-11-32-16)27-13-17-18(20(27)28)19(25-22(30)26(17)3)14-7-9-15(31-4)10-8-14/h7-10,16,19H,5-6,11-13H2,1-4H3,(H,24,29)(H,25,30). The number of likely N-dealkylation sites (N-methyl/N-ethyl adjacent to an activating group) is 1. The quantitative estimate of drug-likeness (QED) is 0.697. The summed E-state index contributed by atoms with van der Waals surface area (Å²) in [7, 11) is 3.22. The molecule has 0 radical (unpaired) electrons. The topological polar surface area (TPSA) is 100 Å². The number of benzene rings is 1. The first-order chi connectivity index (χ1) is 15.2. The summed E-state index contributed by atoms with van der Waals surface area (Å²) in [6.07, 6.45) is 1.93. The van der Waals surface area contributed by atoms with Gasteiger partial charge in [0.1, 0.15) is 11.3 Å². The SMILES string of the molecule is COc1ccc(C2NC(=O)N(C)C3=C2C(=O)N(C(C)(C)C(=O)NCC2CCCO2)C3)cc1. The van der Waals surface area contributed by atoms with Crippen molar-refractivity contribution >= 4 is 17.8 Å². The highest BCUT2D eigenvalue weighted by Crippen LogP contribution is 2.38. The predicted octanol–water partition coefficient (Wildman–Crippen LogP) is 1.56. The summed E-state index contributed by atoms with van der Waals surface area (Å²) in [5.74, 6) is 0.180. The molecule has 3 aliphatic rings. The van der Waals surface area contributed by atoms with Gasteiger partial charge in [0, 0.05) is 20.2 Å². The first kappa shape index (κ1) is 22.1. The van der Waals surface area contributed by atoms with Gasteiger partial charge >= 0.3 is 6.03 Å². The zero-order chi connectivity index (χ0) is 23.0. The van der Waals surface area contributed by atoms with E-state index in [1.807, 2.05) is 12.1 Å². The average molecular weight is 443 g/mol. The third-order valence-corrected chi connectivity index (χ3v) is 6.55. The molecule has 2 atom stereocenters. The molecule has 3 heterocycles. The lowest BCUT2D eigenvalue weighted by Crippen LogP contribution is -2.57. The number of nitrogens with one attached hydrogen (secondary N) is 2. The van der Waals surface area contributed by atoms with Crippen LogP contribution < -0.4 is 15.4 Å². The molecule has 0 bridgehead atoms. The van der Waals surface area contributed by atoms with Gasteiger partial charge in [-0.15, -0.1) is 0 Å². The van der Waals surface area contributed by atoms with E-state index in [-0.39, 0.29) is 30.5 Å². The molecule has 0 aromatic heterocycles. The van der Waals surface area contributed by atoms with Crippen LogP contribution in [-0.2, 0) is 14.3 Å². The maximum atomic E-state index is 13.6. The maximum absolute atomic E-state index is 13.6. The largest absolute Gasteiger partial charge is 0.497 e. The average Bonchev–Trinajstić information content (AvgIpc) is 3.43. The Morgan fingerprint density at radius 1 is 1.28 bits per heavy atom. The Hall–Kier alpha value is -3.07. The van der Waals surface area contributed by atoms with Gasteiger partial charge in [-0.25, -0.2) is 4.79 Å². The molecule has 2 unspecified atom stereocenters. The maximum Gasteiger partial charge on any atom is 0.322 e. The summed E-state index contributed by atoms with van der Waals surface area (Å²) in [5, 5.41) is 5.84. The molecular weight excluding hydrogens is 412 g/mol. The van der Waals surface area contributed by atoms with Crippen molar-refractivity contribution < 1.29 is 23.9 Å². The third kappa shape index (κ3) is 3.81. The molecule has 0 aliphatic carbocycles. The van der Waals surface area contributed by atoms with Crippen LogP contribution in [0.4, 0.5) is 4.79 Å². The van der Waals surface area contributed by atoms with Crippen molar-refractivity contribution in [2.24, 2.45) is 0 Å². The number of nitrogens with zero attached hydrogens (tertiary/aromatic N) is 2. The molecule has 4 amide bonds. The van der Waals surface area contributed by atoms with E-state index < -0.39 is 11.6 Å². The van der Waals surface area contributed by atoms with Gasteiger partial charge in [0.15, 0.2) is 0 Å². The van der Waals surface area contributed by atoms with Crippen LogP contribution in [-0.4, -0.2) is 73.1 Å². The number of hydrogen-bond acceptors (Lipinski definition) is 5. The summed E-state index contributed by atoms with van der Waals surface area (Å²) in [4.78, 5) is 42.2. The molecule has 9 nitrogen and oxygen atoms in total. The number of methoxy groups -OCH3 is 1.